The molecule has 2 fully saturated rings. The topological polar surface area (TPSA) is 79.0 Å². The molecule has 1 aromatic rings. The Bertz CT molecular complexity index is 878. The van der Waals surface area contributed by atoms with Crippen LogP contribution in [0.15, 0.2) is 18.2 Å². The molecule has 1 aliphatic carbocycles. The number of anilines is 1. The molecule has 1 aromatic carbocycles. The highest BCUT2D eigenvalue weighted by Crippen LogP contribution is 2.45. The minimum Gasteiger partial charge on any atom is -0.482 e. The zero-order valence-corrected chi connectivity index (χ0v) is 19.9. The van der Waals surface area contributed by atoms with Gasteiger partial charge in [0.05, 0.1) is 11.1 Å². The van der Waals surface area contributed by atoms with Crippen LogP contribution in [0.25, 0.3) is 0 Å². The van der Waals surface area contributed by atoms with Crippen molar-refractivity contribution in [2.24, 2.45) is 5.41 Å². The molecule has 1 saturated carbocycles. The standard InChI is InChI=1S/C26H37N3O4/c1-28-21-11-10-20(17-22(21)33-19-24(28)31)9-3-6-14-27-15-7-8-16-29-23(30)18-26(25(29)32)12-4-2-5-13-26/h10-11,17,27H,2-9,12-16,18-19H2,1H3. The van der Waals surface area contributed by atoms with Crippen molar-refractivity contribution in [3.05, 3.63) is 23.8 Å². The van der Waals surface area contributed by atoms with Crippen molar-refractivity contribution in [3.8, 4) is 5.75 Å². The van der Waals surface area contributed by atoms with Crippen molar-refractivity contribution < 1.29 is 19.1 Å². The molecule has 2 aliphatic heterocycles. The molecule has 7 heteroatoms. The second kappa shape index (κ2) is 10.7. The molecule has 0 aromatic heterocycles. The minimum atomic E-state index is -0.356. The number of unbranched alkanes of at least 4 members (excludes halogenated alkanes) is 2. The highest BCUT2D eigenvalue weighted by Gasteiger charge is 2.51. The van der Waals surface area contributed by atoms with Gasteiger partial charge in [-0.1, -0.05) is 25.3 Å². The number of benzene rings is 1. The van der Waals surface area contributed by atoms with Crippen LogP contribution in [0.4, 0.5) is 5.69 Å². The SMILES string of the molecule is CN1C(=O)COc2cc(CCCCNCCCCN3C(=O)CC4(CCCCC4)C3=O)ccc21. The average molecular weight is 456 g/mol. The Morgan fingerprint density at radius 2 is 1.73 bits per heavy atom. The predicted octanol–water partition coefficient (Wildman–Crippen LogP) is 3.44. The lowest BCUT2D eigenvalue weighted by molar-refractivity contribution is -0.142. The van der Waals surface area contributed by atoms with Crippen molar-refractivity contribution in [3.63, 3.8) is 0 Å². The first-order chi connectivity index (χ1) is 16.0. The number of likely N-dealkylation sites (tertiary alicyclic amines) is 1. The van der Waals surface area contributed by atoms with Crippen LogP contribution in [0, 0.1) is 5.41 Å². The van der Waals surface area contributed by atoms with Gasteiger partial charge in [0.15, 0.2) is 6.61 Å². The number of nitrogens with zero attached hydrogens (tertiary/aromatic N) is 2. The van der Waals surface area contributed by atoms with Gasteiger partial charge in [0.1, 0.15) is 5.75 Å². The number of carbonyl (C=O) groups is 3. The van der Waals surface area contributed by atoms with Gasteiger partial charge in [-0.05, 0) is 75.7 Å². The molecule has 3 amide bonds. The van der Waals surface area contributed by atoms with Crippen molar-refractivity contribution in [2.45, 2.75) is 70.6 Å². The van der Waals surface area contributed by atoms with E-state index in [1.54, 1.807) is 16.8 Å². The molecule has 4 rings (SSSR count). The number of fused-ring (bicyclic) bond motifs is 1. The van der Waals surface area contributed by atoms with Crippen LogP contribution >= 0.6 is 0 Å². The Morgan fingerprint density at radius 1 is 0.970 bits per heavy atom. The van der Waals surface area contributed by atoms with E-state index >= 15 is 0 Å². The molecule has 3 aliphatic rings. The highest BCUT2D eigenvalue weighted by atomic mass is 16.5. The molecule has 2 heterocycles. The quantitative estimate of drug-likeness (QED) is 0.432. The van der Waals surface area contributed by atoms with Gasteiger partial charge in [0, 0.05) is 20.0 Å². The molecule has 7 nitrogen and oxygen atoms in total. The molecule has 1 spiro atoms. The lowest BCUT2D eigenvalue weighted by atomic mass is 9.73. The van der Waals surface area contributed by atoms with Crippen molar-refractivity contribution in [1.82, 2.24) is 10.2 Å². The van der Waals surface area contributed by atoms with E-state index in [1.807, 2.05) is 12.1 Å². The Balaban J connectivity index is 1.07. The maximum absolute atomic E-state index is 12.8. The number of rotatable bonds is 10. The number of hydrogen-bond acceptors (Lipinski definition) is 5. The van der Waals surface area contributed by atoms with E-state index in [9.17, 15) is 14.4 Å². The van der Waals surface area contributed by atoms with Gasteiger partial charge >= 0.3 is 0 Å². The van der Waals surface area contributed by atoms with Gasteiger partial charge in [0.25, 0.3) is 5.91 Å². The van der Waals surface area contributed by atoms with Gasteiger partial charge in [-0.15, -0.1) is 0 Å². The van der Waals surface area contributed by atoms with Crippen LogP contribution in [0.5, 0.6) is 5.75 Å². The van der Waals surface area contributed by atoms with E-state index in [-0.39, 0.29) is 29.7 Å². The van der Waals surface area contributed by atoms with E-state index in [1.165, 1.54) is 12.0 Å². The first-order valence-electron chi connectivity index (χ1n) is 12.6. The smallest absolute Gasteiger partial charge is 0.264 e. The largest absolute Gasteiger partial charge is 0.482 e. The summed E-state index contributed by atoms with van der Waals surface area (Å²) in [7, 11) is 1.78. The fourth-order valence-electron chi connectivity index (χ4n) is 5.41. The molecule has 1 N–H and O–H groups in total. The molecule has 33 heavy (non-hydrogen) atoms. The summed E-state index contributed by atoms with van der Waals surface area (Å²) in [5, 5.41) is 3.48. The van der Waals surface area contributed by atoms with Crippen LogP contribution in [-0.4, -0.2) is 55.9 Å². The molecular formula is C26H37N3O4. The van der Waals surface area contributed by atoms with E-state index in [4.69, 9.17) is 4.74 Å². The van der Waals surface area contributed by atoms with Crippen LogP contribution in [-0.2, 0) is 20.8 Å². The van der Waals surface area contributed by atoms with Gasteiger partial charge in [-0.2, -0.15) is 0 Å². The number of carbonyl (C=O) groups excluding carboxylic acids is 3. The number of nitrogens with one attached hydrogen (secondary N) is 1. The zero-order chi connectivity index (χ0) is 23.3. The second-order valence-electron chi connectivity index (χ2n) is 9.83. The summed E-state index contributed by atoms with van der Waals surface area (Å²) in [4.78, 5) is 40.1. The van der Waals surface area contributed by atoms with Gasteiger partial charge in [0.2, 0.25) is 11.8 Å². The molecule has 0 unspecified atom stereocenters. The zero-order valence-electron chi connectivity index (χ0n) is 19.9. The third kappa shape index (κ3) is 5.40. The second-order valence-corrected chi connectivity index (χ2v) is 9.83. The monoisotopic (exact) mass is 455 g/mol. The third-order valence-electron chi connectivity index (χ3n) is 7.47. The number of imide groups is 1. The predicted molar refractivity (Wildman–Crippen MR) is 127 cm³/mol. The van der Waals surface area contributed by atoms with E-state index in [2.05, 4.69) is 11.4 Å². The highest BCUT2D eigenvalue weighted by molar-refractivity contribution is 6.05. The van der Waals surface area contributed by atoms with E-state index in [0.29, 0.717) is 13.0 Å². The van der Waals surface area contributed by atoms with Crippen LogP contribution < -0.4 is 15.0 Å². The maximum atomic E-state index is 12.8. The minimum absolute atomic E-state index is 0.0203. The Kier molecular flexibility index (Phi) is 7.68. The summed E-state index contributed by atoms with van der Waals surface area (Å²) in [5.41, 5.74) is 1.71. The molecular weight excluding hydrogens is 418 g/mol. The molecule has 0 bridgehead atoms. The van der Waals surface area contributed by atoms with Crippen molar-refractivity contribution in [2.75, 3.05) is 38.2 Å². The van der Waals surface area contributed by atoms with Crippen LogP contribution in [0.1, 0.15) is 69.8 Å². The van der Waals surface area contributed by atoms with Crippen molar-refractivity contribution >= 4 is 23.4 Å². The first kappa shape index (κ1) is 23.7. The normalized spacial score (nSPS) is 19.8. The van der Waals surface area contributed by atoms with Gasteiger partial charge < -0.3 is 15.0 Å². The van der Waals surface area contributed by atoms with E-state index < -0.39 is 0 Å². The lowest BCUT2D eigenvalue weighted by Crippen LogP contribution is -2.37. The molecule has 0 atom stereocenters. The summed E-state index contributed by atoms with van der Waals surface area (Å²) in [5.74, 6) is 0.914. The summed E-state index contributed by atoms with van der Waals surface area (Å²) in [6.45, 7) is 2.55. The molecule has 0 radical (unpaired) electrons. The first-order valence-corrected chi connectivity index (χ1v) is 12.6. The summed E-state index contributed by atoms with van der Waals surface area (Å²) in [6.07, 6.45) is 10.6. The molecule has 180 valence electrons. The maximum Gasteiger partial charge on any atom is 0.264 e. The lowest BCUT2D eigenvalue weighted by Gasteiger charge is -2.30. The molecule has 1 saturated heterocycles. The Morgan fingerprint density at radius 3 is 2.52 bits per heavy atom. The Labute approximate surface area is 196 Å². The summed E-state index contributed by atoms with van der Waals surface area (Å²) in [6, 6.07) is 6.08. The number of likely N-dealkylation sites (N-methyl/N-ethyl adjacent to an activating group) is 1. The van der Waals surface area contributed by atoms with E-state index in [0.717, 1.165) is 82.3 Å². The number of aryl methyl sites for hydroxylation is 1. The third-order valence-corrected chi connectivity index (χ3v) is 7.47. The van der Waals surface area contributed by atoms with Crippen molar-refractivity contribution in [1.29, 1.82) is 0 Å². The fraction of sp³-hybridized carbons (Fsp3) is 0.654. The fourth-order valence-corrected chi connectivity index (χ4v) is 5.41. The summed E-state index contributed by atoms with van der Waals surface area (Å²) < 4.78 is 5.56. The number of hydrogen-bond donors (Lipinski definition) is 1. The van der Waals surface area contributed by atoms with Gasteiger partial charge in [-0.25, -0.2) is 0 Å². The summed E-state index contributed by atoms with van der Waals surface area (Å²) >= 11 is 0. The van der Waals surface area contributed by atoms with Gasteiger partial charge in [-0.3, -0.25) is 19.3 Å². The van der Waals surface area contributed by atoms with Crippen LogP contribution in [0.2, 0.25) is 0 Å². The average Bonchev–Trinajstić information content (AvgIpc) is 3.04. The number of ether oxygens (including phenoxy) is 1. The Hall–Kier alpha value is -2.41. The number of amides is 3. The van der Waals surface area contributed by atoms with Crippen LogP contribution in [0.3, 0.4) is 0 Å².